The second-order valence-electron chi connectivity index (χ2n) is 4.75. The van der Waals surface area contributed by atoms with Gasteiger partial charge in [-0.2, -0.15) is 0 Å². The minimum atomic E-state index is -0.576. The lowest BCUT2D eigenvalue weighted by Gasteiger charge is -2.09. The minimum Gasteiger partial charge on any atom is -0.457 e. The lowest BCUT2D eigenvalue weighted by Crippen LogP contribution is -2.09. The van der Waals surface area contributed by atoms with Crippen molar-refractivity contribution in [2.24, 2.45) is 0 Å². The molecule has 1 aromatic carbocycles. The number of hydrogen-bond acceptors (Lipinski definition) is 5. The van der Waals surface area contributed by atoms with Crippen molar-refractivity contribution in [1.82, 2.24) is 4.98 Å². The summed E-state index contributed by atoms with van der Waals surface area (Å²) >= 11 is 5.98. The monoisotopic (exact) mass is 320 g/mol. The van der Waals surface area contributed by atoms with E-state index >= 15 is 0 Å². The fourth-order valence-corrected chi connectivity index (χ4v) is 2.33. The van der Waals surface area contributed by atoms with Crippen LogP contribution in [-0.4, -0.2) is 15.9 Å². The summed E-state index contributed by atoms with van der Waals surface area (Å²) in [6, 6.07) is 7.53. The first-order chi connectivity index (χ1) is 10.4. The molecule has 1 aromatic heterocycles. The number of nitro benzene ring substituents is 1. The Morgan fingerprint density at radius 2 is 1.95 bits per heavy atom. The van der Waals surface area contributed by atoms with Gasteiger partial charge in [0.25, 0.3) is 5.69 Å². The maximum Gasteiger partial charge on any atom is 0.341 e. The third kappa shape index (κ3) is 3.59. The number of rotatable bonds is 4. The zero-order chi connectivity index (χ0) is 16.3. The van der Waals surface area contributed by atoms with Gasteiger partial charge < -0.3 is 4.74 Å². The van der Waals surface area contributed by atoms with Crippen molar-refractivity contribution >= 4 is 23.3 Å². The summed E-state index contributed by atoms with van der Waals surface area (Å²) < 4.78 is 5.18. The maximum atomic E-state index is 12.1. The molecule has 0 aliphatic rings. The molecule has 0 aliphatic carbocycles. The van der Waals surface area contributed by atoms with E-state index in [1.165, 1.54) is 24.3 Å². The number of carbonyl (C=O) groups is 1. The third-order valence-corrected chi connectivity index (χ3v) is 3.30. The lowest BCUT2D eigenvalue weighted by atomic mass is 10.1. The van der Waals surface area contributed by atoms with Gasteiger partial charge >= 0.3 is 5.97 Å². The molecule has 0 spiro atoms. The number of ether oxygens (including phenoxy) is 1. The van der Waals surface area contributed by atoms with E-state index in [0.29, 0.717) is 11.1 Å². The van der Waals surface area contributed by atoms with Gasteiger partial charge in [0.05, 0.1) is 10.5 Å². The number of pyridine rings is 1. The summed E-state index contributed by atoms with van der Waals surface area (Å²) in [7, 11) is 0. The van der Waals surface area contributed by atoms with Crippen LogP contribution >= 0.6 is 11.6 Å². The molecule has 0 unspecified atom stereocenters. The van der Waals surface area contributed by atoms with Crippen LogP contribution in [0.15, 0.2) is 30.3 Å². The number of non-ortho nitro benzene ring substituents is 1. The van der Waals surface area contributed by atoms with E-state index in [4.69, 9.17) is 16.3 Å². The van der Waals surface area contributed by atoms with E-state index in [9.17, 15) is 14.9 Å². The molecule has 2 rings (SSSR count). The third-order valence-electron chi connectivity index (χ3n) is 3.02. The number of nitrogens with zero attached hydrogens (tertiary/aromatic N) is 2. The van der Waals surface area contributed by atoms with Crippen LogP contribution < -0.4 is 0 Å². The number of benzene rings is 1. The summed E-state index contributed by atoms with van der Waals surface area (Å²) in [6.07, 6.45) is 0. The highest BCUT2D eigenvalue weighted by molar-refractivity contribution is 6.32. The van der Waals surface area contributed by atoms with Gasteiger partial charge in [0, 0.05) is 17.8 Å². The Hall–Kier alpha value is -2.47. The smallest absolute Gasteiger partial charge is 0.341 e. The number of nitro groups is 1. The summed E-state index contributed by atoms with van der Waals surface area (Å²) in [6.45, 7) is 3.54. The van der Waals surface area contributed by atoms with E-state index in [2.05, 4.69) is 4.98 Å². The Morgan fingerprint density at radius 1 is 1.32 bits per heavy atom. The zero-order valence-electron chi connectivity index (χ0n) is 12.0. The van der Waals surface area contributed by atoms with Gasteiger partial charge in [-0.1, -0.05) is 11.6 Å². The van der Waals surface area contributed by atoms with E-state index < -0.39 is 10.9 Å². The molecule has 0 aliphatic heterocycles. The van der Waals surface area contributed by atoms with Gasteiger partial charge in [-0.3, -0.25) is 10.1 Å². The highest BCUT2D eigenvalue weighted by atomic mass is 35.5. The Balaban J connectivity index is 2.08. The normalized spacial score (nSPS) is 10.3. The minimum absolute atomic E-state index is 0.000469. The lowest BCUT2D eigenvalue weighted by molar-refractivity contribution is -0.384. The topological polar surface area (TPSA) is 82.3 Å². The predicted octanol–water partition coefficient (Wildman–Crippen LogP) is 3.62. The molecule has 0 atom stereocenters. The molecule has 2 aromatic rings. The molecule has 6 nitrogen and oxygen atoms in total. The van der Waals surface area contributed by atoms with Gasteiger partial charge in [0.2, 0.25) is 0 Å². The van der Waals surface area contributed by atoms with Gasteiger partial charge in [0.15, 0.2) is 0 Å². The summed E-state index contributed by atoms with van der Waals surface area (Å²) in [5.41, 5.74) is 2.26. The number of aromatic nitrogens is 1. The van der Waals surface area contributed by atoms with Crippen molar-refractivity contribution in [3.63, 3.8) is 0 Å². The zero-order valence-corrected chi connectivity index (χ0v) is 12.8. The second kappa shape index (κ2) is 6.53. The van der Waals surface area contributed by atoms with Crippen LogP contribution in [0.5, 0.6) is 0 Å². The Bertz CT molecular complexity index is 706. The van der Waals surface area contributed by atoms with Crippen molar-refractivity contribution < 1.29 is 14.5 Å². The maximum absolute atomic E-state index is 12.1. The second-order valence-corrected chi connectivity index (χ2v) is 5.10. The van der Waals surface area contributed by atoms with E-state index in [0.717, 1.165) is 5.69 Å². The molecule has 0 N–H and O–H groups in total. The largest absolute Gasteiger partial charge is 0.457 e. The number of halogens is 1. The number of esters is 1. The van der Waals surface area contributed by atoms with Crippen molar-refractivity contribution in [2.45, 2.75) is 20.5 Å². The van der Waals surface area contributed by atoms with Crippen LogP contribution in [0.1, 0.15) is 27.2 Å². The van der Waals surface area contributed by atoms with Crippen LogP contribution in [-0.2, 0) is 11.3 Å². The van der Waals surface area contributed by atoms with Crippen molar-refractivity contribution in [1.29, 1.82) is 0 Å². The highest BCUT2D eigenvalue weighted by Gasteiger charge is 2.17. The van der Waals surface area contributed by atoms with Crippen molar-refractivity contribution in [3.8, 4) is 0 Å². The van der Waals surface area contributed by atoms with E-state index in [-0.39, 0.29) is 23.0 Å². The molecular weight excluding hydrogens is 308 g/mol. The Labute approximate surface area is 131 Å². The molecule has 0 fully saturated rings. The summed E-state index contributed by atoms with van der Waals surface area (Å²) in [5, 5.41) is 10.7. The standard InChI is InChI=1S/C15H13ClN2O4/c1-9-7-10(2)17-14(16)13(9)15(19)22-8-11-3-5-12(6-4-11)18(20)21/h3-7H,8H2,1-2H3. The number of aryl methyl sites for hydroxylation is 2. The number of carbonyl (C=O) groups excluding carboxylic acids is 1. The van der Waals surface area contributed by atoms with Gasteiger partial charge in [-0.15, -0.1) is 0 Å². The van der Waals surface area contributed by atoms with E-state index in [1.807, 2.05) is 0 Å². The first-order valence-electron chi connectivity index (χ1n) is 6.42. The molecule has 0 amide bonds. The molecule has 1 heterocycles. The summed E-state index contributed by atoms with van der Waals surface area (Å²) in [5.74, 6) is -0.576. The average Bonchev–Trinajstić information content (AvgIpc) is 2.44. The molecule has 0 radical (unpaired) electrons. The molecular formula is C15H13ClN2O4. The van der Waals surface area contributed by atoms with Gasteiger partial charge in [-0.25, -0.2) is 9.78 Å². The first kappa shape index (κ1) is 15.9. The van der Waals surface area contributed by atoms with Crippen molar-refractivity contribution in [3.05, 3.63) is 68.0 Å². The van der Waals surface area contributed by atoms with Crippen LogP contribution in [0.25, 0.3) is 0 Å². The highest BCUT2D eigenvalue weighted by Crippen LogP contribution is 2.20. The molecule has 114 valence electrons. The SMILES string of the molecule is Cc1cc(C)c(C(=O)OCc2ccc([N+](=O)[O-])cc2)c(Cl)n1. The van der Waals surface area contributed by atoms with Crippen molar-refractivity contribution in [2.75, 3.05) is 0 Å². The Morgan fingerprint density at radius 3 is 2.50 bits per heavy atom. The first-order valence-corrected chi connectivity index (χ1v) is 6.80. The van der Waals surface area contributed by atoms with E-state index in [1.54, 1.807) is 19.9 Å². The Kier molecular flexibility index (Phi) is 4.72. The molecule has 22 heavy (non-hydrogen) atoms. The molecule has 7 heteroatoms. The molecule has 0 saturated carbocycles. The van der Waals surface area contributed by atoms with Crippen LogP contribution in [0, 0.1) is 24.0 Å². The van der Waals surface area contributed by atoms with Gasteiger partial charge in [0.1, 0.15) is 11.8 Å². The predicted molar refractivity (Wildman–Crippen MR) is 80.9 cm³/mol. The van der Waals surface area contributed by atoms with Gasteiger partial charge in [-0.05, 0) is 43.2 Å². The summed E-state index contributed by atoms with van der Waals surface area (Å²) in [4.78, 5) is 26.2. The molecule has 0 bridgehead atoms. The quantitative estimate of drug-likeness (QED) is 0.372. The fraction of sp³-hybridized carbons (Fsp3) is 0.200. The molecule has 0 saturated heterocycles. The van der Waals surface area contributed by atoms with Crippen LogP contribution in [0.2, 0.25) is 5.15 Å². The number of hydrogen-bond donors (Lipinski definition) is 0. The fourth-order valence-electron chi connectivity index (χ4n) is 1.97. The van der Waals surface area contributed by atoms with Crippen LogP contribution in [0.4, 0.5) is 5.69 Å². The van der Waals surface area contributed by atoms with Crippen LogP contribution in [0.3, 0.4) is 0 Å². The average molecular weight is 321 g/mol.